The van der Waals surface area contributed by atoms with Crippen LogP contribution in [-0.2, 0) is 11.8 Å². The molecule has 0 bridgehead atoms. The fourth-order valence-corrected chi connectivity index (χ4v) is 2.85. The molecule has 1 amide bonds. The van der Waals surface area contributed by atoms with Crippen molar-refractivity contribution in [2.45, 2.75) is 26.3 Å². The lowest BCUT2D eigenvalue weighted by molar-refractivity contribution is 0.0124. The van der Waals surface area contributed by atoms with Crippen LogP contribution in [-0.4, -0.2) is 54.3 Å². The van der Waals surface area contributed by atoms with E-state index in [1.54, 1.807) is 19.3 Å². The first kappa shape index (κ1) is 17.7. The number of carbonyl (C=O) groups is 1. The molecule has 1 aromatic rings. The minimum Gasteiger partial charge on any atom is -0.379 e. The van der Waals surface area contributed by atoms with Crippen molar-refractivity contribution in [2.24, 2.45) is 13.0 Å². The highest BCUT2D eigenvalue weighted by Crippen LogP contribution is 2.13. The molecule has 1 atom stereocenters. The predicted octanol–water partition coefficient (Wildman–Crippen LogP) is 0.862. The van der Waals surface area contributed by atoms with Gasteiger partial charge in [-0.25, -0.2) is 0 Å². The molecule has 128 valence electrons. The predicted molar refractivity (Wildman–Crippen MR) is 89.7 cm³/mol. The first-order chi connectivity index (χ1) is 11.0. The fraction of sp³-hybridized carbons (Fsp3) is 0.647. The molecule has 0 aliphatic carbocycles. The molecule has 1 saturated heterocycles. The van der Waals surface area contributed by atoms with Crippen LogP contribution in [0.1, 0.15) is 30.6 Å². The van der Waals surface area contributed by atoms with E-state index in [9.17, 15) is 9.59 Å². The molecule has 0 radical (unpaired) electrons. The van der Waals surface area contributed by atoms with E-state index in [-0.39, 0.29) is 11.5 Å². The summed E-state index contributed by atoms with van der Waals surface area (Å²) in [5.41, 5.74) is 0.239. The Kier molecular flexibility index (Phi) is 6.36. The van der Waals surface area contributed by atoms with E-state index in [4.69, 9.17) is 4.74 Å². The van der Waals surface area contributed by atoms with Crippen LogP contribution in [0.3, 0.4) is 0 Å². The Bertz CT molecular complexity index is 577. The zero-order chi connectivity index (χ0) is 16.8. The summed E-state index contributed by atoms with van der Waals surface area (Å²) in [7, 11) is 1.67. The lowest BCUT2D eigenvalue weighted by atomic mass is 10.0. The van der Waals surface area contributed by atoms with Gasteiger partial charge in [-0.1, -0.05) is 13.8 Å². The molecule has 2 heterocycles. The van der Waals surface area contributed by atoms with Gasteiger partial charge in [-0.3, -0.25) is 14.5 Å². The average Bonchev–Trinajstić information content (AvgIpc) is 2.54. The van der Waals surface area contributed by atoms with Gasteiger partial charge in [-0.05, 0) is 18.4 Å². The van der Waals surface area contributed by atoms with Gasteiger partial charge in [0.15, 0.2) is 0 Å². The Morgan fingerprint density at radius 1 is 1.35 bits per heavy atom. The second-order valence-electron chi connectivity index (χ2n) is 6.51. The lowest BCUT2D eigenvalue weighted by Gasteiger charge is -2.35. The lowest BCUT2D eigenvalue weighted by Crippen LogP contribution is -2.49. The maximum Gasteiger partial charge on any atom is 0.251 e. The van der Waals surface area contributed by atoms with Gasteiger partial charge in [0.25, 0.3) is 11.5 Å². The van der Waals surface area contributed by atoms with Gasteiger partial charge >= 0.3 is 0 Å². The normalized spacial score (nSPS) is 17.2. The van der Waals surface area contributed by atoms with Crippen LogP contribution in [0.5, 0.6) is 0 Å². The minimum atomic E-state index is -0.190. The Balaban J connectivity index is 1.97. The number of aromatic nitrogens is 1. The molecule has 1 aromatic heterocycles. The van der Waals surface area contributed by atoms with Crippen LogP contribution in [0.15, 0.2) is 23.1 Å². The molecule has 0 spiro atoms. The van der Waals surface area contributed by atoms with E-state index in [1.807, 2.05) is 0 Å². The SMILES string of the molecule is CC(C)CC(CNC(=O)c1ccn(C)c(=O)c1)N1CCOCC1. The van der Waals surface area contributed by atoms with E-state index < -0.39 is 0 Å². The van der Waals surface area contributed by atoms with Gasteiger partial charge in [0.05, 0.1) is 13.2 Å². The first-order valence-electron chi connectivity index (χ1n) is 8.24. The number of nitrogens with one attached hydrogen (secondary N) is 1. The number of pyridine rings is 1. The number of morpholine rings is 1. The van der Waals surface area contributed by atoms with Crippen LogP contribution in [0, 0.1) is 5.92 Å². The van der Waals surface area contributed by atoms with Crippen LogP contribution in [0.2, 0.25) is 0 Å². The highest BCUT2D eigenvalue weighted by atomic mass is 16.5. The number of nitrogens with zero attached hydrogens (tertiary/aromatic N) is 2. The molecule has 1 N–H and O–H groups in total. The summed E-state index contributed by atoms with van der Waals surface area (Å²) >= 11 is 0. The van der Waals surface area contributed by atoms with E-state index in [0.29, 0.717) is 24.1 Å². The molecule has 23 heavy (non-hydrogen) atoms. The number of ether oxygens (including phenoxy) is 1. The maximum atomic E-state index is 12.3. The smallest absolute Gasteiger partial charge is 0.251 e. The van der Waals surface area contributed by atoms with Crippen LogP contribution >= 0.6 is 0 Å². The van der Waals surface area contributed by atoms with Crippen molar-refractivity contribution in [3.63, 3.8) is 0 Å². The van der Waals surface area contributed by atoms with Crippen LogP contribution in [0.4, 0.5) is 0 Å². The number of carbonyl (C=O) groups excluding carboxylic acids is 1. The molecule has 1 aliphatic heterocycles. The molecule has 0 saturated carbocycles. The number of rotatable bonds is 6. The third-order valence-electron chi connectivity index (χ3n) is 4.17. The van der Waals surface area contributed by atoms with Gasteiger partial charge < -0.3 is 14.6 Å². The van der Waals surface area contributed by atoms with E-state index in [1.165, 1.54) is 10.6 Å². The molecule has 6 heteroatoms. The van der Waals surface area contributed by atoms with E-state index >= 15 is 0 Å². The zero-order valence-electron chi connectivity index (χ0n) is 14.2. The van der Waals surface area contributed by atoms with Crippen molar-refractivity contribution in [3.05, 3.63) is 34.2 Å². The summed E-state index contributed by atoms with van der Waals surface area (Å²) in [6.07, 6.45) is 2.64. The third-order valence-corrected chi connectivity index (χ3v) is 4.17. The number of hydrogen-bond donors (Lipinski definition) is 1. The van der Waals surface area contributed by atoms with E-state index in [2.05, 4.69) is 24.1 Å². The Morgan fingerprint density at radius 2 is 2.04 bits per heavy atom. The topological polar surface area (TPSA) is 63.6 Å². The average molecular weight is 321 g/mol. The van der Waals surface area contributed by atoms with Crippen molar-refractivity contribution in [1.29, 1.82) is 0 Å². The second-order valence-corrected chi connectivity index (χ2v) is 6.51. The Morgan fingerprint density at radius 3 is 2.65 bits per heavy atom. The molecule has 2 rings (SSSR count). The molecule has 6 nitrogen and oxygen atoms in total. The van der Waals surface area contributed by atoms with Gasteiger partial charge in [0.2, 0.25) is 0 Å². The summed E-state index contributed by atoms with van der Waals surface area (Å²) in [6.45, 7) is 8.27. The van der Waals surface area contributed by atoms with Gasteiger partial charge in [-0.2, -0.15) is 0 Å². The zero-order valence-corrected chi connectivity index (χ0v) is 14.2. The van der Waals surface area contributed by atoms with Crippen LogP contribution in [0.25, 0.3) is 0 Å². The molecule has 0 aromatic carbocycles. The standard InChI is InChI=1S/C17H27N3O3/c1-13(2)10-15(20-6-8-23-9-7-20)12-18-17(22)14-4-5-19(3)16(21)11-14/h4-5,11,13,15H,6-10,12H2,1-3H3,(H,18,22). The highest BCUT2D eigenvalue weighted by Gasteiger charge is 2.22. The van der Waals surface area contributed by atoms with Gasteiger partial charge in [-0.15, -0.1) is 0 Å². The number of aryl methyl sites for hydroxylation is 1. The van der Waals surface area contributed by atoms with Crippen LogP contribution < -0.4 is 10.9 Å². The third kappa shape index (κ3) is 5.18. The van der Waals surface area contributed by atoms with Gasteiger partial charge in [0, 0.05) is 50.6 Å². The summed E-state index contributed by atoms with van der Waals surface area (Å²) < 4.78 is 6.86. The quantitative estimate of drug-likeness (QED) is 0.844. The largest absolute Gasteiger partial charge is 0.379 e. The highest BCUT2D eigenvalue weighted by molar-refractivity contribution is 5.93. The summed E-state index contributed by atoms with van der Waals surface area (Å²) in [5, 5.41) is 2.98. The molecular formula is C17H27N3O3. The monoisotopic (exact) mass is 321 g/mol. The Labute approximate surface area is 137 Å². The van der Waals surface area contributed by atoms with Crippen molar-refractivity contribution in [1.82, 2.24) is 14.8 Å². The molecular weight excluding hydrogens is 294 g/mol. The summed E-state index contributed by atoms with van der Waals surface area (Å²) in [6, 6.07) is 3.35. The molecule has 1 unspecified atom stereocenters. The van der Waals surface area contributed by atoms with Crippen molar-refractivity contribution >= 4 is 5.91 Å². The van der Waals surface area contributed by atoms with Crippen molar-refractivity contribution in [2.75, 3.05) is 32.8 Å². The second kappa shape index (κ2) is 8.26. The fourth-order valence-electron chi connectivity index (χ4n) is 2.85. The first-order valence-corrected chi connectivity index (χ1v) is 8.24. The molecule has 1 fully saturated rings. The van der Waals surface area contributed by atoms with Gasteiger partial charge in [0.1, 0.15) is 0 Å². The number of amides is 1. The summed E-state index contributed by atoms with van der Waals surface area (Å²) in [4.78, 5) is 26.3. The number of hydrogen-bond acceptors (Lipinski definition) is 4. The van der Waals surface area contributed by atoms with Crippen molar-refractivity contribution < 1.29 is 9.53 Å². The van der Waals surface area contributed by atoms with Crippen molar-refractivity contribution in [3.8, 4) is 0 Å². The minimum absolute atomic E-state index is 0.176. The molecule has 1 aliphatic rings. The summed E-state index contributed by atoms with van der Waals surface area (Å²) in [5.74, 6) is 0.369. The maximum absolute atomic E-state index is 12.3. The Hall–Kier alpha value is -1.66. The van der Waals surface area contributed by atoms with E-state index in [0.717, 1.165) is 32.7 Å².